The highest BCUT2D eigenvalue weighted by Gasteiger charge is 2.50. The van der Waals surface area contributed by atoms with E-state index in [1.54, 1.807) is 19.1 Å². The molecule has 0 radical (unpaired) electrons. The Balaban J connectivity index is 2.07. The van der Waals surface area contributed by atoms with Crippen molar-refractivity contribution in [2.45, 2.75) is 120 Å². The van der Waals surface area contributed by atoms with Crippen LogP contribution in [0.3, 0.4) is 0 Å². The van der Waals surface area contributed by atoms with Gasteiger partial charge in [-0.1, -0.05) is 128 Å². The lowest BCUT2D eigenvalue weighted by atomic mass is 9.68. The number of rotatable bonds is 13. The fourth-order valence-electron chi connectivity index (χ4n) is 6.81. The summed E-state index contributed by atoms with van der Waals surface area (Å²) in [5.74, 6) is 0. The summed E-state index contributed by atoms with van der Waals surface area (Å²) < 4.78 is 0. The molecule has 0 heterocycles. The molecule has 2 aliphatic carbocycles. The molecular formula is C40H56N2O4. The van der Waals surface area contributed by atoms with Crippen LogP contribution < -0.4 is 0 Å². The molecule has 0 aromatic heterocycles. The molecule has 0 saturated carbocycles. The molecule has 6 heteroatoms. The van der Waals surface area contributed by atoms with Gasteiger partial charge in [0.25, 0.3) is 0 Å². The number of nitro groups is 2. The molecule has 2 unspecified atom stereocenters. The van der Waals surface area contributed by atoms with Crippen LogP contribution in [-0.2, 0) is 0 Å². The fraction of sp³-hybridized carbons (Fsp3) is 0.500. The minimum atomic E-state index is -1.42. The highest BCUT2D eigenvalue weighted by molar-refractivity contribution is 5.38. The van der Waals surface area contributed by atoms with Gasteiger partial charge in [-0.25, -0.2) is 0 Å². The van der Waals surface area contributed by atoms with E-state index in [-0.39, 0.29) is 5.41 Å². The summed E-state index contributed by atoms with van der Waals surface area (Å²) in [4.78, 5) is 23.4. The van der Waals surface area contributed by atoms with E-state index in [4.69, 9.17) is 0 Å². The zero-order chi connectivity index (χ0) is 34.7. The lowest BCUT2D eigenvalue weighted by Gasteiger charge is -2.36. The minimum absolute atomic E-state index is 0.241. The van der Waals surface area contributed by atoms with E-state index in [9.17, 15) is 20.2 Å². The largest absolute Gasteiger partial charge is 0.304 e. The third-order valence-electron chi connectivity index (χ3n) is 9.38. The molecule has 2 aliphatic rings. The third-order valence-corrected chi connectivity index (χ3v) is 9.38. The quantitative estimate of drug-likeness (QED) is 0.0878. The third kappa shape index (κ3) is 11.2. The second kappa shape index (κ2) is 17.2. The van der Waals surface area contributed by atoms with Crippen LogP contribution in [0, 0.1) is 31.1 Å². The van der Waals surface area contributed by atoms with Gasteiger partial charge in [0.05, 0.1) is 0 Å². The number of hydrogen-bond acceptors (Lipinski definition) is 4. The maximum absolute atomic E-state index is 12.2. The van der Waals surface area contributed by atoms with Crippen LogP contribution in [0.1, 0.15) is 108 Å². The fourth-order valence-corrected chi connectivity index (χ4v) is 6.81. The predicted octanol–water partition coefficient (Wildman–Crippen LogP) is 11.3. The van der Waals surface area contributed by atoms with E-state index in [1.165, 1.54) is 36.0 Å². The van der Waals surface area contributed by atoms with Gasteiger partial charge >= 0.3 is 12.1 Å². The Morgan fingerprint density at radius 1 is 0.674 bits per heavy atom. The van der Waals surface area contributed by atoms with Gasteiger partial charge in [-0.05, 0) is 96.5 Å². The van der Waals surface area contributed by atoms with Crippen LogP contribution in [-0.4, -0.2) is 21.9 Å². The predicted molar refractivity (Wildman–Crippen MR) is 194 cm³/mol. The van der Waals surface area contributed by atoms with Crippen LogP contribution >= 0.6 is 0 Å². The molecule has 250 valence electrons. The van der Waals surface area contributed by atoms with Gasteiger partial charge in [-0.2, -0.15) is 0 Å². The van der Waals surface area contributed by atoms with E-state index >= 15 is 0 Å². The molecule has 2 rings (SSSR count). The Bertz CT molecular complexity index is 1450. The van der Waals surface area contributed by atoms with Crippen molar-refractivity contribution < 1.29 is 9.85 Å². The van der Waals surface area contributed by atoms with Crippen LogP contribution in [0.25, 0.3) is 0 Å². The number of hydrogen-bond donors (Lipinski definition) is 0. The molecule has 0 saturated heterocycles. The molecule has 0 spiro atoms. The van der Waals surface area contributed by atoms with E-state index in [0.717, 1.165) is 36.0 Å². The standard InChI is InChI=1S/C40H56N2O4/c1-29(19-13-20-31(3)25-26-35-32(4)23-15-27-39(35,7)8)17-11-12-18-30(2)21-14-22-34(6)37(41(43)44)38(42(45)46)36-33(5)24-16-28-40(36,9)10/h11-14,17-22,25-26,37-38H,15-16,23-24,27-28H2,1-10H3/b12-11+,19-13+,21-14+,26-25+,29-17+,30-18+,31-20+,34-22+. The summed E-state index contributed by atoms with van der Waals surface area (Å²) in [6.45, 7) is 20.5. The Labute approximate surface area is 277 Å². The van der Waals surface area contributed by atoms with Gasteiger partial charge in [0, 0.05) is 21.0 Å². The van der Waals surface area contributed by atoms with Gasteiger partial charge < -0.3 is 0 Å². The molecule has 0 N–H and O–H groups in total. The summed E-state index contributed by atoms with van der Waals surface area (Å²) in [6, 6.07) is -2.81. The Morgan fingerprint density at radius 2 is 1.15 bits per heavy atom. The maximum atomic E-state index is 12.2. The normalized spacial score (nSPS) is 21.7. The van der Waals surface area contributed by atoms with E-state index in [0.29, 0.717) is 11.1 Å². The Kier molecular flexibility index (Phi) is 14.4. The van der Waals surface area contributed by atoms with E-state index in [1.807, 2.05) is 58.1 Å². The second-order valence-electron chi connectivity index (χ2n) is 14.4. The molecule has 2 atom stereocenters. The molecule has 46 heavy (non-hydrogen) atoms. The first-order valence-electron chi connectivity index (χ1n) is 16.5. The highest BCUT2D eigenvalue weighted by Crippen LogP contribution is 2.44. The van der Waals surface area contributed by atoms with Crippen LogP contribution in [0.4, 0.5) is 0 Å². The molecule has 0 aliphatic heterocycles. The van der Waals surface area contributed by atoms with Crippen molar-refractivity contribution >= 4 is 0 Å². The number of nitrogens with zero attached hydrogens (tertiary/aromatic N) is 2. The maximum Gasteiger partial charge on any atom is 0.304 e. The van der Waals surface area contributed by atoms with E-state index in [2.05, 4.69) is 65.0 Å². The van der Waals surface area contributed by atoms with Gasteiger partial charge in [-0.3, -0.25) is 20.2 Å². The van der Waals surface area contributed by atoms with Gasteiger partial charge in [0.2, 0.25) is 0 Å². The molecule has 0 amide bonds. The zero-order valence-electron chi connectivity index (χ0n) is 29.9. The van der Waals surface area contributed by atoms with Crippen molar-refractivity contribution in [3.8, 4) is 0 Å². The van der Waals surface area contributed by atoms with Crippen molar-refractivity contribution in [2.75, 3.05) is 0 Å². The summed E-state index contributed by atoms with van der Waals surface area (Å²) in [5.41, 5.74) is 7.92. The minimum Gasteiger partial charge on any atom is -0.264 e. The van der Waals surface area contributed by atoms with Crippen molar-refractivity contribution in [3.63, 3.8) is 0 Å². The molecule has 0 fully saturated rings. The molecule has 0 aromatic carbocycles. The van der Waals surface area contributed by atoms with Gasteiger partial charge in [0.1, 0.15) is 0 Å². The molecular weight excluding hydrogens is 572 g/mol. The van der Waals surface area contributed by atoms with Crippen molar-refractivity contribution in [1.82, 2.24) is 0 Å². The van der Waals surface area contributed by atoms with Crippen molar-refractivity contribution in [2.24, 2.45) is 10.8 Å². The first-order chi connectivity index (χ1) is 21.5. The van der Waals surface area contributed by atoms with Crippen LogP contribution in [0.2, 0.25) is 0 Å². The highest BCUT2D eigenvalue weighted by atomic mass is 16.6. The summed E-state index contributed by atoms with van der Waals surface area (Å²) in [7, 11) is 0. The summed E-state index contributed by atoms with van der Waals surface area (Å²) in [5, 5.41) is 24.4. The SMILES string of the molecule is CC1=C(/C=C/C(C)=C/C=C/C(C)=C/C=C/C=C(C)/C=C/C=C(\C)C(C(C2=C(C)CCCC2(C)C)[N+](=O)[O-])[N+](=O)[O-])C(C)(C)CCC1. The van der Waals surface area contributed by atoms with Gasteiger partial charge in [0.15, 0.2) is 0 Å². The van der Waals surface area contributed by atoms with Gasteiger partial charge in [-0.15, -0.1) is 0 Å². The number of allylic oxidation sites excluding steroid dienone is 18. The molecule has 6 nitrogen and oxygen atoms in total. The first kappa shape index (κ1) is 38.4. The van der Waals surface area contributed by atoms with E-state index < -0.39 is 27.3 Å². The van der Waals surface area contributed by atoms with Crippen LogP contribution in [0.15, 0.2) is 117 Å². The lowest BCUT2D eigenvalue weighted by Crippen LogP contribution is -2.46. The Hall–Kier alpha value is -3.80. The molecule has 0 bridgehead atoms. The zero-order valence-corrected chi connectivity index (χ0v) is 29.9. The second-order valence-corrected chi connectivity index (χ2v) is 14.4. The molecule has 0 aromatic rings. The van der Waals surface area contributed by atoms with Crippen molar-refractivity contribution in [3.05, 3.63) is 138 Å². The average molecular weight is 629 g/mol. The van der Waals surface area contributed by atoms with Crippen molar-refractivity contribution in [1.29, 1.82) is 0 Å². The average Bonchev–Trinajstić information content (AvgIpc) is 2.93. The Morgan fingerprint density at radius 3 is 1.65 bits per heavy atom. The first-order valence-corrected chi connectivity index (χ1v) is 16.5. The smallest absolute Gasteiger partial charge is 0.264 e. The van der Waals surface area contributed by atoms with Crippen LogP contribution in [0.5, 0.6) is 0 Å². The summed E-state index contributed by atoms with van der Waals surface area (Å²) in [6.07, 6.45) is 30.1. The topological polar surface area (TPSA) is 86.3 Å². The monoisotopic (exact) mass is 628 g/mol. The summed E-state index contributed by atoms with van der Waals surface area (Å²) >= 11 is 0. The lowest BCUT2D eigenvalue weighted by molar-refractivity contribution is -0.603.